The first-order valence-electron chi connectivity index (χ1n) is 4.77. The fraction of sp³-hybridized carbons (Fsp3) is 0.778. The molecule has 15 heavy (non-hydrogen) atoms. The van der Waals surface area contributed by atoms with E-state index >= 15 is 0 Å². The molecule has 1 aliphatic rings. The number of ether oxygens (including phenoxy) is 2. The summed E-state index contributed by atoms with van der Waals surface area (Å²) in [5, 5.41) is 3.04. The highest BCUT2D eigenvalue weighted by Gasteiger charge is 2.32. The Labute approximate surface area is 88.5 Å². The zero-order valence-corrected chi connectivity index (χ0v) is 8.99. The molecule has 1 aliphatic heterocycles. The maximum atomic E-state index is 11.6. The van der Waals surface area contributed by atoms with Crippen LogP contribution in [0.15, 0.2) is 0 Å². The standard InChI is InChI=1S/C9H16N2O4/c1-14-6-8(12)11-4-3-10-5-7(11)9(13)15-2/h7,10H,3-6H2,1-2H3/t7-/m0/s1. The molecule has 0 spiro atoms. The van der Waals surface area contributed by atoms with E-state index in [-0.39, 0.29) is 12.5 Å². The predicted octanol–water partition coefficient (Wildman–Crippen LogP) is -1.39. The summed E-state index contributed by atoms with van der Waals surface area (Å²) >= 11 is 0. The van der Waals surface area contributed by atoms with Gasteiger partial charge in [0.2, 0.25) is 5.91 Å². The van der Waals surface area contributed by atoms with Crippen LogP contribution in [0.2, 0.25) is 0 Å². The molecule has 1 fully saturated rings. The van der Waals surface area contributed by atoms with Crippen LogP contribution >= 0.6 is 0 Å². The lowest BCUT2D eigenvalue weighted by Gasteiger charge is -2.34. The third kappa shape index (κ3) is 2.90. The van der Waals surface area contributed by atoms with Gasteiger partial charge in [0.1, 0.15) is 12.6 Å². The first kappa shape index (κ1) is 11.9. The Balaban J connectivity index is 2.65. The van der Waals surface area contributed by atoms with E-state index in [0.717, 1.165) is 0 Å². The molecule has 6 nitrogen and oxygen atoms in total. The normalized spacial score (nSPS) is 21.2. The monoisotopic (exact) mass is 216 g/mol. The van der Waals surface area contributed by atoms with Gasteiger partial charge >= 0.3 is 5.97 Å². The lowest BCUT2D eigenvalue weighted by atomic mass is 10.2. The Morgan fingerprint density at radius 3 is 2.80 bits per heavy atom. The number of piperazine rings is 1. The number of hydrogen-bond acceptors (Lipinski definition) is 5. The average molecular weight is 216 g/mol. The van der Waals surface area contributed by atoms with Crippen molar-refractivity contribution in [2.75, 3.05) is 40.5 Å². The minimum atomic E-state index is -0.536. The molecule has 0 bridgehead atoms. The van der Waals surface area contributed by atoms with E-state index in [9.17, 15) is 9.59 Å². The van der Waals surface area contributed by atoms with Gasteiger partial charge in [-0.3, -0.25) is 4.79 Å². The van der Waals surface area contributed by atoms with Crippen LogP contribution in [0, 0.1) is 0 Å². The minimum absolute atomic E-state index is 0.00645. The topological polar surface area (TPSA) is 67.9 Å². The molecular weight excluding hydrogens is 200 g/mol. The molecule has 0 radical (unpaired) electrons. The van der Waals surface area contributed by atoms with Gasteiger partial charge in [-0.15, -0.1) is 0 Å². The smallest absolute Gasteiger partial charge is 0.329 e. The second-order valence-corrected chi connectivity index (χ2v) is 3.26. The van der Waals surface area contributed by atoms with Crippen LogP contribution in [0.5, 0.6) is 0 Å². The van der Waals surface area contributed by atoms with Crippen molar-refractivity contribution in [2.24, 2.45) is 0 Å². The Kier molecular flexibility index (Phi) is 4.51. The second kappa shape index (κ2) is 5.67. The van der Waals surface area contributed by atoms with Crippen LogP contribution in [0.1, 0.15) is 0 Å². The van der Waals surface area contributed by atoms with E-state index in [1.165, 1.54) is 19.1 Å². The molecule has 1 saturated heterocycles. The quantitative estimate of drug-likeness (QED) is 0.588. The lowest BCUT2D eigenvalue weighted by Crippen LogP contribution is -2.58. The number of nitrogens with zero attached hydrogens (tertiary/aromatic N) is 1. The van der Waals surface area contributed by atoms with Gasteiger partial charge < -0.3 is 19.7 Å². The average Bonchev–Trinajstić information content (AvgIpc) is 2.28. The lowest BCUT2D eigenvalue weighted by molar-refractivity contribution is -0.155. The van der Waals surface area contributed by atoms with Crippen LogP contribution in [-0.4, -0.2) is 63.3 Å². The number of hydrogen-bond donors (Lipinski definition) is 1. The molecule has 0 saturated carbocycles. The summed E-state index contributed by atoms with van der Waals surface area (Å²) in [7, 11) is 2.77. The SMILES string of the molecule is COCC(=O)N1CCNC[C@H]1C(=O)OC. The Hall–Kier alpha value is -1.14. The van der Waals surface area contributed by atoms with Crippen molar-refractivity contribution >= 4 is 11.9 Å². The highest BCUT2D eigenvalue weighted by Crippen LogP contribution is 2.05. The molecule has 1 rings (SSSR count). The van der Waals surface area contributed by atoms with Crippen molar-refractivity contribution in [1.82, 2.24) is 10.2 Å². The van der Waals surface area contributed by atoms with Crippen LogP contribution in [-0.2, 0) is 19.1 Å². The van der Waals surface area contributed by atoms with Crippen LogP contribution in [0.25, 0.3) is 0 Å². The van der Waals surface area contributed by atoms with Crippen LogP contribution in [0.3, 0.4) is 0 Å². The fourth-order valence-electron chi connectivity index (χ4n) is 1.56. The van der Waals surface area contributed by atoms with Crippen molar-refractivity contribution in [3.63, 3.8) is 0 Å². The summed E-state index contributed by atoms with van der Waals surface area (Å²) < 4.78 is 9.39. The zero-order valence-electron chi connectivity index (χ0n) is 8.99. The van der Waals surface area contributed by atoms with E-state index in [4.69, 9.17) is 4.74 Å². The number of amides is 1. The van der Waals surface area contributed by atoms with E-state index in [2.05, 4.69) is 10.1 Å². The van der Waals surface area contributed by atoms with E-state index in [1.54, 1.807) is 0 Å². The highest BCUT2D eigenvalue weighted by atomic mass is 16.5. The van der Waals surface area contributed by atoms with Gasteiger partial charge in [0.05, 0.1) is 7.11 Å². The molecule has 0 aromatic rings. The van der Waals surface area contributed by atoms with E-state index < -0.39 is 12.0 Å². The van der Waals surface area contributed by atoms with Gasteiger partial charge in [-0.25, -0.2) is 4.79 Å². The van der Waals surface area contributed by atoms with E-state index in [0.29, 0.717) is 19.6 Å². The van der Waals surface area contributed by atoms with Crippen molar-refractivity contribution < 1.29 is 19.1 Å². The van der Waals surface area contributed by atoms with Gasteiger partial charge in [-0.2, -0.15) is 0 Å². The number of rotatable bonds is 3. The van der Waals surface area contributed by atoms with Gasteiger partial charge in [0, 0.05) is 26.7 Å². The maximum absolute atomic E-state index is 11.6. The largest absolute Gasteiger partial charge is 0.467 e. The van der Waals surface area contributed by atoms with Gasteiger partial charge in [-0.05, 0) is 0 Å². The Morgan fingerprint density at radius 1 is 1.47 bits per heavy atom. The maximum Gasteiger partial charge on any atom is 0.329 e. The number of nitrogens with one attached hydrogen (secondary N) is 1. The molecule has 1 atom stereocenters. The van der Waals surface area contributed by atoms with Gasteiger partial charge in [0.15, 0.2) is 0 Å². The number of carbonyl (C=O) groups is 2. The molecule has 0 aliphatic carbocycles. The number of carbonyl (C=O) groups excluding carboxylic acids is 2. The number of methoxy groups -OCH3 is 2. The zero-order chi connectivity index (χ0) is 11.3. The molecule has 6 heteroatoms. The molecule has 1 N–H and O–H groups in total. The third-order valence-corrected chi connectivity index (χ3v) is 2.30. The molecule has 1 amide bonds. The summed E-state index contributed by atoms with van der Waals surface area (Å²) in [6.07, 6.45) is 0. The van der Waals surface area contributed by atoms with Gasteiger partial charge in [0.25, 0.3) is 0 Å². The molecule has 0 unspecified atom stereocenters. The van der Waals surface area contributed by atoms with Crippen molar-refractivity contribution in [2.45, 2.75) is 6.04 Å². The van der Waals surface area contributed by atoms with Crippen molar-refractivity contribution in [1.29, 1.82) is 0 Å². The Bertz CT molecular complexity index is 244. The molecule has 1 heterocycles. The highest BCUT2D eigenvalue weighted by molar-refractivity contribution is 5.85. The summed E-state index contributed by atoms with van der Waals surface area (Å²) in [5.74, 6) is -0.582. The minimum Gasteiger partial charge on any atom is -0.467 e. The summed E-state index contributed by atoms with van der Waals surface area (Å²) in [6.45, 7) is 1.61. The van der Waals surface area contributed by atoms with Gasteiger partial charge in [-0.1, -0.05) is 0 Å². The van der Waals surface area contributed by atoms with Crippen molar-refractivity contribution in [3.05, 3.63) is 0 Å². The summed E-state index contributed by atoms with van der Waals surface area (Å²) in [5.41, 5.74) is 0. The molecular formula is C9H16N2O4. The first-order valence-corrected chi connectivity index (χ1v) is 4.77. The second-order valence-electron chi connectivity index (χ2n) is 3.26. The molecule has 0 aromatic carbocycles. The molecule has 86 valence electrons. The summed E-state index contributed by atoms with van der Waals surface area (Å²) in [4.78, 5) is 24.5. The fourth-order valence-corrected chi connectivity index (χ4v) is 1.56. The van der Waals surface area contributed by atoms with Crippen LogP contribution in [0.4, 0.5) is 0 Å². The third-order valence-electron chi connectivity index (χ3n) is 2.30. The van der Waals surface area contributed by atoms with Crippen molar-refractivity contribution in [3.8, 4) is 0 Å². The van der Waals surface area contributed by atoms with E-state index in [1.807, 2.05) is 0 Å². The number of esters is 1. The Morgan fingerprint density at radius 2 is 2.20 bits per heavy atom. The first-order chi connectivity index (χ1) is 7.20. The summed E-state index contributed by atoms with van der Waals surface area (Å²) in [6, 6.07) is -0.536. The van der Waals surface area contributed by atoms with Crippen LogP contribution < -0.4 is 5.32 Å². The molecule has 0 aromatic heterocycles. The predicted molar refractivity (Wildman–Crippen MR) is 52.3 cm³/mol.